The standard InChI is InChI=1S/C10H12NO2/c1-2-8-11-10(12)13-9-6-4-3-5-7-9/h3-8H,2H2,1H3,(H,11,12). The van der Waals surface area contributed by atoms with Gasteiger partial charge in [-0.25, -0.2) is 4.79 Å². The zero-order chi connectivity index (χ0) is 9.52. The Morgan fingerprint density at radius 3 is 2.77 bits per heavy atom. The van der Waals surface area contributed by atoms with Crippen LogP contribution in [0.25, 0.3) is 0 Å². The molecule has 1 rings (SSSR count). The predicted octanol–water partition coefficient (Wildman–Crippen LogP) is 2.35. The van der Waals surface area contributed by atoms with Gasteiger partial charge in [-0.3, -0.25) is 0 Å². The third-order valence-electron chi connectivity index (χ3n) is 1.38. The number of benzene rings is 1. The van der Waals surface area contributed by atoms with Gasteiger partial charge >= 0.3 is 6.09 Å². The molecule has 3 nitrogen and oxygen atoms in total. The molecule has 0 heterocycles. The van der Waals surface area contributed by atoms with E-state index in [9.17, 15) is 4.79 Å². The molecule has 0 atom stereocenters. The van der Waals surface area contributed by atoms with Crippen LogP contribution >= 0.6 is 0 Å². The topological polar surface area (TPSA) is 38.3 Å². The summed E-state index contributed by atoms with van der Waals surface area (Å²) in [7, 11) is 0. The zero-order valence-corrected chi connectivity index (χ0v) is 7.49. The van der Waals surface area contributed by atoms with Crippen LogP contribution in [0.2, 0.25) is 0 Å². The van der Waals surface area contributed by atoms with E-state index in [-0.39, 0.29) is 0 Å². The van der Waals surface area contributed by atoms with E-state index in [1.165, 1.54) is 0 Å². The number of hydrogen-bond donors (Lipinski definition) is 1. The molecule has 0 aliphatic rings. The molecular weight excluding hydrogens is 166 g/mol. The molecule has 0 aromatic heterocycles. The summed E-state index contributed by atoms with van der Waals surface area (Å²) < 4.78 is 4.94. The van der Waals surface area contributed by atoms with Gasteiger partial charge in [0.05, 0.1) is 6.54 Å². The predicted molar refractivity (Wildman–Crippen MR) is 50.2 cm³/mol. The number of nitrogens with one attached hydrogen (secondary N) is 1. The molecule has 3 heteroatoms. The number of rotatable bonds is 3. The highest BCUT2D eigenvalue weighted by atomic mass is 16.5. The van der Waals surface area contributed by atoms with Gasteiger partial charge in [0.1, 0.15) is 5.75 Å². The first-order valence-corrected chi connectivity index (χ1v) is 4.18. The second kappa shape index (κ2) is 5.19. The summed E-state index contributed by atoms with van der Waals surface area (Å²) in [4.78, 5) is 11.0. The van der Waals surface area contributed by atoms with Crippen LogP contribution in [0.3, 0.4) is 0 Å². The van der Waals surface area contributed by atoms with Crippen molar-refractivity contribution in [2.45, 2.75) is 13.3 Å². The summed E-state index contributed by atoms with van der Waals surface area (Å²) in [5, 5.41) is 2.49. The minimum absolute atomic E-state index is 0.451. The van der Waals surface area contributed by atoms with Crippen LogP contribution in [0.1, 0.15) is 13.3 Å². The normalized spacial score (nSPS) is 9.31. The lowest BCUT2D eigenvalue weighted by Gasteiger charge is -2.03. The lowest BCUT2D eigenvalue weighted by Crippen LogP contribution is -2.23. The maximum Gasteiger partial charge on any atom is 0.412 e. The molecular formula is C10H12NO2. The van der Waals surface area contributed by atoms with Crippen LogP contribution in [0.4, 0.5) is 4.79 Å². The number of ether oxygens (including phenoxy) is 1. The molecule has 0 aliphatic heterocycles. The minimum Gasteiger partial charge on any atom is -0.410 e. The molecule has 1 aromatic carbocycles. The minimum atomic E-state index is -0.451. The molecule has 1 N–H and O–H groups in total. The van der Waals surface area contributed by atoms with Crippen molar-refractivity contribution in [2.75, 3.05) is 0 Å². The second-order valence-corrected chi connectivity index (χ2v) is 2.46. The molecule has 1 aromatic rings. The molecule has 0 bridgehead atoms. The summed E-state index contributed by atoms with van der Waals surface area (Å²) in [5.41, 5.74) is 0. The van der Waals surface area contributed by atoms with Crippen molar-refractivity contribution >= 4 is 6.09 Å². The van der Waals surface area contributed by atoms with Gasteiger partial charge in [0, 0.05) is 0 Å². The summed E-state index contributed by atoms with van der Waals surface area (Å²) in [5.74, 6) is 0.546. The highest BCUT2D eigenvalue weighted by molar-refractivity contribution is 5.70. The van der Waals surface area contributed by atoms with Gasteiger partial charge in [-0.15, -0.1) is 0 Å². The largest absolute Gasteiger partial charge is 0.412 e. The van der Waals surface area contributed by atoms with E-state index in [0.717, 1.165) is 6.42 Å². The fraction of sp³-hybridized carbons (Fsp3) is 0.200. The molecule has 0 fully saturated rings. The molecule has 0 aliphatic carbocycles. The Bertz CT molecular complexity index is 259. The van der Waals surface area contributed by atoms with Gasteiger partial charge in [0.15, 0.2) is 0 Å². The zero-order valence-electron chi connectivity index (χ0n) is 7.49. The van der Waals surface area contributed by atoms with Crippen molar-refractivity contribution in [3.63, 3.8) is 0 Å². The molecule has 1 amide bonds. The molecule has 69 valence electrons. The van der Waals surface area contributed by atoms with E-state index in [1.807, 2.05) is 25.1 Å². The van der Waals surface area contributed by atoms with Crippen molar-refractivity contribution in [3.8, 4) is 5.75 Å². The van der Waals surface area contributed by atoms with Gasteiger partial charge in [0.25, 0.3) is 0 Å². The average molecular weight is 178 g/mol. The fourth-order valence-electron chi connectivity index (χ4n) is 0.810. The third kappa shape index (κ3) is 3.60. The number of carbonyl (C=O) groups excluding carboxylic acids is 1. The molecule has 0 unspecified atom stereocenters. The first-order valence-electron chi connectivity index (χ1n) is 4.18. The van der Waals surface area contributed by atoms with E-state index in [0.29, 0.717) is 5.75 Å². The summed E-state index contributed by atoms with van der Waals surface area (Å²) >= 11 is 0. The Labute approximate surface area is 77.7 Å². The second-order valence-electron chi connectivity index (χ2n) is 2.46. The van der Waals surface area contributed by atoms with Gasteiger partial charge in [-0.1, -0.05) is 25.1 Å². The SMILES string of the molecule is CC[CH]NC(=O)Oc1ccccc1. The Kier molecular flexibility index (Phi) is 3.82. The van der Waals surface area contributed by atoms with Gasteiger partial charge < -0.3 is 10.1 Å². The van der Waals surface area contributed by atoms with Crippen molar-refractivity contribution in [2.24, 2.45) is 0 Å². The smallest absolute Gasteiger partial charge is 0.410 e. The number of amides is 1. The van der Waals surface area contributed by atoms with Crippen LogP contribution in [-0.4, -0.2) is 6.09 Å². The van der Waals surface area contributed by atoms with Crippen LogP contribution in [0, 0.1) is 6.54 Å². The summed E-state index contributed by atoms with van der Waals surface area (Å²) in [6, 6.07) is 8.94. The van der Waals surface area contributed by atoms with Crippen molar-refractivity contribution in [3.05, 3.63) is 36.9 Å². The van der Waals surface area contributed by atoms with Crippen LogP contribution in [-0.2, 0) is 0 Å². The summed E-state index contributed by atoms with van der Waals surface area (Å²) in [6.45, 7) is 3.58. The van der Waals surface area contributed by atoms with Crippen LogP contribution in [0.15, 0.2) is 30.3 Å². The van der Waals surface area contributed by atoms with Gasteiger partial charge in [0.2, 0.25) is 0 Å². The molecule has 0 saturated carbocycles. The molecule has 0 saturated heterocycles. The van der Waals surface area contributed by atoms with Gasteiger partial charge in [-0.05, 0) is 18.6 Å². The Morgan fingerprint density at radius 1 is 1.46 bits per heavy atom. The van der Waals surface area contributed by atoms with E-state index < -0.39 is 6.09 Å². The number of carbonyl (C=O) groups is 1. The highest BCUT2D eigenvalue weighted by Crippen LogP contribution is 2.07. The third-order valence-corrected chi connectivity index (χ3v) is 1.38. The van der Waals surface area contributed by atoms with E-state index >= 15 is 0 Å². The first-order chi connectivity index (χ1) is 6.33. The number of para-hydroxylation sites is 1. The molecule has 0 spiro atoms. The van der Waals surface area contributed by atoms with E-state index in [2.05, 4.69) is 5.32 Å². The van der Waals surface area contributed by atoms with Crippen molar-refractivity contribution in [1.82, 2.24) is 5.32 Å². The van der Waals surface area contributed by atoms with E-state index in [4.69, 9.17) is 4.74 Å². The lowest BCUT2D eigenvalue weighted by molar-refractivity contribution is 0.203. The number of hydrogen-bond acceptors (Lipinski definition) is 2. The van der Waals surface area contributed by atoms with Crippen molar-refractivity contribution < 1.29 is 9.53 Å². The first kappa shape index (κ1) is 9.58. The van der Waals surface area contributed by atoms with Crippen molar-refractivity contribution in [1.29, 1.82) is 0 Å². The van der Waals surface area contributed by atoms with Crippen LogP contribution in [0.5, 0.6) is 5.75 Å². The quantitative estimate of drug-likeness (QED) is 0.771. The summed E-state index contributed by atoms with van der Waals surface area (Å²) in [6.07, 6.45) is 0.331. The Hall–Kier alpha value is -1.51. The maximum absolute atomic E-state index is 11.0. The molecule has 1 radical (unpaired) electrons. The van der Waals surface area contributed by atoms with E-state index in [1.54, 1.807) is 18.7 Å². The fourth-order valence-corrected chi connectivity index (χ4v) is 0.810. The maximum atomic E-state index is 11.0. The lowest BCUT2D eigenvalue weighted by atomic mass is 10.3. The average Bonchev–Trinajstić information content (AvgIpc) is 2.16. The Morgan fingerprint density at radius 2 is 2.15 bits per heavy atom. The van der Waals surface area contributed by atoms with Gasteiger partial charge in [-0.2, -0.15) is 0 Å². The van der Waals surface area contributed by atoms with Crippen LogP contribution < -0.4 is 10.1 Å². The highest BCUT2D eigenvalue weighted by Gasteiger charge is 2.00. The monoisotopic (exact) mass is 178 g/mol. The Balaban J connectivity index is 2.37. The molecule has 13 heavy (non-hydrogen) atoms.